The molecule has 2 aromatic heterocycles. The number of methoxy groups -OCH3 is 1. The number of carboxylic acid groups (broad SMARTS) is 1. The number of fused-ring (bicyclic) bond motifs is 1. The SMILES string of the molecule is COCC(NC(=O)Cn1cnc2sccc2c1=O)C(=O)O. The van der Waals surface area contributed by atoms with E-state index >= 15 is 0 Å². The van der Waals surface area contributed by atoms with Crippen molar-refractivity contribution in [2.45, 2.75) is 12.6 Å². The van der Waals surface area contributed by atoms with Crippen molar-refractivity contribution in [3.05, 3.63) is 28.1 Å². The predicted octanol–water partition coefficient (Wildman–Crippen LogP) is -0.326. The molecule has 0 bridgehead atoms. The lowest BCUT2D eigenvalue weighted by molar-refractivity contribution is -0.143. The largest absolute Gasteiger partial charge is 0.480 e. The Hall–Kier alpha value is -2.26. The lowest BCUT2D eigenvalue weighted by Gasteiger charge is -2.13. The van der Waals surface area contributed by atoms with Gasteiger partial charge in [-0.25, -0.2) is 9.78 Å². The van der Waals surface area contributed by atoms with E-state index in [-0.39, 0.29) is 18.7 Å². The highest BCUT2D eigenvalue weighted by Crippen LogP contribution is 2.13. The summed E-state index contributed by atoms with van der Waals surface area (Å²) in [5, 5.41) is 13.4. The van der Waals surface area contributed by atoms with E-state index in [1.54, 1.807) is 11.4 Å². The summed E-state index contributed by atoms with van der Waals surface area (Å²) in [5.41, 5.74) is -0.338. The average Bonchev–Trinajstić information content (AvgIpc) is 2.90. The van der Waals surface area contributed by atoms with Gasteiger partial charge in [-0.15, -0.1) is 11.3 Å². The fourth-order valence-electron chi connectivity index (χ4n) is 1.74. The summed E-state index contributed by atoms with van der Waals surface area (Å²) < 4.78 is 5.85. The summed E-state index contributed by atoms with van der Waals surface area (Å²) in [6.45, 7) is -0.455. The molecule has 0 aliphatic heterocycles. The maximum Gasteiger partial charge on any atom is 0.328 e. The Balaban J connectivity index is 2.12. The number of ether oxygens (including phenoxy) is 1. The zero-order chi connectivity index (χ0) is 15.4. The van der Waals surface area contributed by atoms with Crippen molar-refractivity contribution in [2.24, 2.45) is 0 Å². The first kappa shape index (κ1) is 15.1. The molecule has 8 nitrogen and oxygen atoms in total. The molecule has 21 heavy (non-hydrogen) atoms. The van der Waals surface area contributed by atoms with Gasteiger partial charge < -0.3 is 15.2 Å². The summed E-state index contributed by atoms with van der Waals surface area (Å²) in [6, 6.07) is 0.477. The van der Waals surface area contributed by atoms with E-state index < -0.39 is 17.9 Å². The molecule has 2 heterocycles. The van der Waals surface area contributed by atoms with E-state index in [0.29, 0.717) is 10.2 Å². The van der Waals surface area contributed by atoms with E-state index in [2.05, 4.69) is 10.3 Å². The van der Waals surface area contributed by atoms with Crippen LogP contribution in [0.15, 0.2) is 22.6 Å². The number of aromatic nitrogens is 2. The highest BCUT2D eigenvalue weighted by atomic mass is 32.1. The monoisotopic (exact) mass is 311 g/mol. The number of carbonyl (C=O) groups excluding carboxylic acids is 1. The maximum absolute atomic E-state index is 12.1. The van der Waals surface area contributed by atoms with Crippen molar-refractivity contribution >= 4 is 33.4 Å². The van der Waals surface area contributed by atoms with Crippen LogP contribution < -0.4 is 10.9 Å². The molecule has 0 aromatic carbocycles. The summed E-state index contributed by atoms with van der Waals surface area (Å²) in [5.74, 6) is -1.80. The molecule has 0 fully saturated rings. The van der Waals surface area contributed by atoms with Gasteiger partial charge in [-0.1, -0.05) is 0 Å². The van der Waals surface area contributed by atoms with Crippen LogP contribution in [0, 0.1) is 0 Å². The van der Waals surface area contributed by atoms with Crippen molar-refractivity contribution < 1.29 is 19.4 Å². The number of nitrogens with zero attached hydrogens (tertiary/aromatic N) is 2. The summed E-state index contributed by atoms with van der Waals surface area (Å²) in [6.07, 6.45) is 1.27. The number of carboxylic acids is 1. The van der Waals surface area contributed by atoms with Crippen LogP contribution in [0.1, 0.15) is 0 Å². The van der Waals surface area contributed by atoms with Crippen LogP contribution >= 0.6 is 11.3 Å². The molecule has 0 radical (unpaired) electrons. The van der Waals surface area contributed by atoms with Crippen molar-refractivity contribution in [1.82, 2.24) is 14.9 Å². The fourth-order valence-corrected chi connectivity index (χ4v) is 2.47. The first-order valence-electron chi connectivity index (χ1n) is 5.96. The van der Waals surface area contributed by atoms with Crippen molar-refractivity contribution in [2.75, 3.05) is 13.7 Å². The van der Waals surface area contributed by atoms with E-state index in [0.717, 1.165) is 4.57 Å². The van der Waals surface area contributed by atoms with Crippen LogP contribution in [0.2, 0.25) is 0 Å². The number of thiophene rings is 1. The first-order valence-corrected chi connectivity index (χ1v) is 6.84. The highest BCUT2D eigenvalue weighted by molar-refractivity contribution is 7.16. The lowest BCUT2D eigenvalue weighted by atomic mass is 10.3. The van der Waals surface area contributed by atoms with E-state index in [1.807, 2.05) is 0 Å². The van der Waals surface area contributed by atoms with Gasteiger partial charge in [0.1, 0.15) is 11.4 Å². The Labute approximate surface area is 123 Å². The molecule has 1 atom stereocenters. The van der Waals surface area contributed by atoms with Gasteiger partial charge >= 0.3 is 5.97 Å². The van der Waals surface area contributed by atoms with E-state index in [9.17, 15) is 14.4 Å². The van der Waals surface area contributed by atoms with Gasteiger partial charge in [0, 0.05) is 7.11 Å². The van der Waals surface area contributed by atoms with Gasteiger partial charge in [0.2, 0.25) is 5.91 Å². The Bertz CT molecular complexity index is 723. The van der Waals surface area contributed by atoms with Crippen LogP contribution in [0.3, 0.4) is 0 Å². The standard InChI is InChI=1S/C12H13N3O5S/c1-20-5-8(12(18)19)14-9(16)4-15-6-13-10-7(11(15)17)2-3-21-10/h2-3,6,8H,4-5H2,1H3,(H,14,16)(H,18,19). The molecular weight excluding hydrogens is 298 g/mol. The van der Waals surface area contributed by atoms with Crippen molar-refractivity contribution in [3.63, 3.8) is 0 Å². The number of amides is 1. The van der Waals surface area contributed by atoms with Crippen LogP contribution in [0.5, 0.6) is 0 Å². The lowest BCUT2D eigenvalue weighted by Crippen LogP contribution is -2.45. The van der Waals surface area contributed by atoms with Crippen LogP contribution in [-0.2, 0) is 20.9 Å². The molecule has 0 aliphatic carbocycles. The zero-order valence-corrected chi connectivity index (χ0v) is 11.9. The number of carbonyl (C=O) groups is 2. The molecule has 9 heteroatoms. The second-order valence-corrected chi connectivity index (χ2v) is 5.13. The number of hydrogen-bond acceptors (Lipinski definition) is 6. The number of nitrogens with one attached hydrogen (secondary N) is 1. The minimum atomic E-state index is -1.20. The number of rotatable bonds is 6. The van der Waals surface area contributed by atoms with Crippen LogP contribution in [0.25, 0.3) is 10.2 Å². The molecule has 112 valence electrons. The molecular formula is C12H13N3O5S. The van der Waals surface area contributed by atoms with Gasteiger partial charge in [0.15, 0.2) is 6.04 Å². The quantitative estimate of drug-likeness (QED) is 0.756. The normalized spacial score (nSPS) is 12.2. The maximum atomic E-state index is 12.1. The number of aliphatic carboxylic acids is 1. The minimum absolute atomic E-state index is 0.155. The molecule has 2 rings (SSSR count). The van der Waals surface area contributed by atoms with E-state index in [4.69, 9.17) is 9.84 Å². The molecule has 2 N–H and O–H groups in total. The average molecular weight is 311 g/mol. The van der Waals surface area contributed by atoms with Gasteiger partial charge in [-0.2, -0.15) is 0 Å². The highest BCUT2D eigenvalue weighted by Gasteiger charge is 2.20. The minimum Gasteiger partial charge on any atom is -0.480 e. The topological polar surface area (TPSA) is 111 Å². The molecule has 0 spiro atoms. The van der Waals surface area contributed by atoms with Gasteiger partial charge in [-0.05, 0) is 11.4 Å². The smallest absolute Gasteiger partial charge is 0.328 e. The van der Waals surface area contributed by atoms with E-state index in [1.165, 1.54) is 24.8 Å². The first-order chi connectivity index (χ1) is 10.0. The molecule has 0 saturated carbocycles. The molecule has 2 aromatic rings. The van der Waals surface area contributed by atoms with Crippen LogP contribution in [-0.4, -0.2) is 46.3 Å². The Morgan fingerprint density at radius 1 is 1.57 bits per heavy atom. The predicted molar refractivity (Wildman–Crippen MR) is 75.3 cm³/mol. The Morgan fingerprint density at radius 2 is 2.33 bits per heavy atom. The van der Waals surface area contributed by atoms with Crippen LogP contribution in [0.4, 0.5) is 0 Å². The fraction of sp³-hybridized carbons (Fsp3) is 0.333. The van der Waals surface area contributed by atoms with Gasteiger partial charge in [-0.3, -0.25) is 14.2 Å². The zero-order valence-electron chi connectivity index (χ0n) is 11.1. The molecule has 1 unspecified atom stereocenters. The molecule has 0 aliphatic rings. The van der Waals surface area contributed by atoms with Gasteiger partial charge in [0.25, 0.3) is 5.56 Å². The summed E-state index contributed by atoms with van der Waals surface area (Å²) in [7, 11) is 1.33. The summed E-state index contributed by atoms with van der Waals surface area (Å²) in [4.78, 5) is 39.5. The molecule has 0 saturated heterocycles. The third kappa shape index (κ3) is 3.44. The third-order valence-corrected chi connectivity index (χ3v) is 3.55. The van der Waals surface area contributed by atoms with Crippen molar-refractivity contribution in [3.8, 4) is 0 Å². The third-order valence-electron chi connectivity index (χ3n) is 2.73. The Morgan fingerprint density at radius 3 is 3.00 bits per heavy atom. The number of hydrogen-bond donors (Lipinski definition) is 2. The Kier molecular flexibility index (Phi) is 4.66. The van der Waals surface area contributed by atoms with Gasteiger partial charge in [0.05, 0.1) is 18.3 Å². The summed E-state index contributed by atoms with van der Waals surface area (Å²) >= 11 is 1.33. The second kappa shape index (κ2) is 6.46. The van der Waals surface area contributed by atoms with Crippen molar-refractivity contribution in [1.29, 1.82) is 0 Å². The molecule has 1 amide bonds. The second-order valence-electron chi connectivity index (χ2n) is 4.23.